The minimum Gasteiger partial charge on any atom is -0.490 e. The zero-order valence-corrected chi connectivity index (χ0v) is 23.6. The van der Waals surface area contributed by atoms with Crippen molar-refractivity contribution in [2.45, 2.75) is 26.1 Å². The molecule has 4 rings (SSSR count). The topological polar surface area (TPSA) is 103 Å². The number of ether oxygens (including phenoxy) is 4. The van der Waals surface area contributed by atoms with Crippen LogP contribution in [0.25, 0.3) is 0 Å². The maximum absolute atomic E-state index is 13.1. The van der Waals surface area contributed by atoms with Gasteiger partial charge in [0.15, 0.2) is 0 Å². The van der Waals surface area contributed by atoms with E-state index in [4.69, 9.17) is 42.1 Å². The molecule has 0 bridgehead atoms. The summed E-state index contributed by atoms with van der Waals surface area (Å²) in [5, 5.41) is 3.06. The number of carbonyl (C=O) groups is 3. The first-order valence-corrected chi connectivity index (χ1v) is 13.3. The van der Waals surface area contributed by atoms with Crippen molar-refractivity contribution >= 4 is 52.4 Å². The van der Waals surface area contributed by atoms with Gasteiger partial charge in [-0.05, 0) is 49.4 Å². The average Bonchev–Trinajstić information content (AvgIpc) is 2.92. The molecule has 11 heteroatoms. The van der Waals surface area contributed by atoms with Gasteiger partial charge in [-0.25, -0.2) is 4.79 Å². The number of hydrogen-bond donors (Lipinski definition) is 1. The quantitative estimate of drug-likeness (QED) is 0.319. The highest BCUT2D eigenvalue weighted by molar-refractivity contribution is 6.36. The smallest absolute Gasteiger partial charge is 0.352 e. The van der Waals surface area contributed by atoms with Crippen molar-refractivity contribution in [3.05, 3.63) is 81.8 Å². The van der Waals surface area contributed by atoms with Crippen LogP contribution in [0.4, 0.5) is 11.4 Å². The van der Waals surface area contributed by atoms with E-state index in [-0.39, 0.29) is 46.2 Å². The van der Waals surface area contributed by atoms with Gasteiger partial charge in [0.25, 0.3) is 5.91 Å². The Balaban J connectivity index is 1.43. The molecule has 0 spiro atoms. The van der Waals surface area contributed by atoms with Crippen molar-refractivity contribution in [2.24, 2.45) is 0 Å². The molecule has 1 unspecified atom stereocenters. The van der Waals surface area contributed by atoms with E-state index in [0.717, 1.165) is 11.4 Å². The second-order valence-corrected chi connectivity index (χ2v) is 9.79. The van der Waals surface area contributed by atoms with Crippen LogP contribution in [0.3, 0.4) is 0 Å². The van der Waals surface area contributed by atoms with Crippen LogP contribution in [0.15, 0.2) is 60.7 Å². The maximum atomic E-state index is 13.1. The summed E-state index contributed by atoms with van der Waals surface area (Å²) < 4.78 is 22.1. The average molecular weight is 587 g/mol. The number of carbonyl (C=O) groups excluding carboxylic acids is 3. The first kappa shape index (κ1) is 29.0. The number of anilines is 2. The van der Waals surface area contributed by atoms with Crippen LogP contribution in [0, 0.1) is 0 Å². The normalized spacial score (nSPS) is 14.8. The Labute approximate surface area is 241 Å². The van der Waals surface area contributed by atoms with E-state index in [1.807, 2.05) is 31.3 Å². The zero-order valence-electron chi connectivity index (χ0n) is 22.1. The monoisotopic (exact) mass is 586 g/mol. The van der Waals surface area contributed by atoms with Crippen molar-refractivity contribution in [3.8, 4) is 11.5 Å². The number of esters is 2. The largest absolute Gasteiger partial charge is 0.490 e. The van der Waals surface area contributed by atoms with Crippen LogP contribution in [0.5, 0.6) is 11.5 Å². The summed E-state index contributed by atoms with van der Waals surface area (Å²) >= 11 is 12.7. The summed E-state index contributed by atoms with van der Waals surface area (Å²) in [5.41, 5.74) is 1.67. The third-order valence-corrected chi connectivity index (χ3v) is 6.64. The minimum atomic E-state index is -1.31. The number of para-hydroxylation sites is 2. The summed E-state index contributed by atoms with van der Waals surface area (Å²) in [6.07, 6.45) is -1.51. The lowest BCUT2D eigenvalue weighted by atomic mass is 10.1. The summed E-state index contributed by atoms with van der Waals surface area (Å²) in [4.78, 5) is 39.1. The Morgan fingerprint density at radius 3 is 2.58 bits per heavy atom. The Morgan fingerprint density at radius 1 is 1.07 bits per heavy atom. The van der Waals surface area contributed by atoms with Crippen LogP contribution in [-0.2, 0) is 19.1 Å². The predicted molar refractivity (Wildman–Crippen MR) is 152 cm³/mol. The highest BCUT2D eigenvalue weighted by atomic mass is 35.5. The minimum absolute atomic E-state index is 0.102. The SMILES string of the molecule is CCOC(=O)C(OC(C)=O)c1ccc(Cl)c(NC(=O)c2ccc(OC[C@@H]3CN(C)c4ccccc4O3)cc2Cl)c1. The van der Waals surface area contributed by atoms with E-state index in [1.165, 1.54) is 31.2 Å². The molecule has 1 N–H and O–H groups in total. The molecule has 1 aliphatic rings. The van der Waals surface area contributed by atoms with Gasteiger partial charge in [-0.1, -0.05) is 41.4 Å². The van der Waals surface area contributed by atoms with Gasteiger partial charge < -0.3 is 29.2 Å². The number of nitrogens with one attached hydrogen (secondary N) is 1. The Hall–Kier alpha value is -3.95. The Kier molecular flexibility index (Phi) is 9.39. The van der Waals surface area contributed by atoms with Gasteiger partial charge in [-0.3, -0.25) is 9.59 Å². The molecule has 1 heterocycles. The predicted octanol–water partition coefficient (Wildman–Crippen LogP) is 5.69. The molecular weight excluding hydrogens is 559 g/mol. The van der Waals surface area contributed by atoms with Gasteiger partial charge in [0.1, 0.15) is 24.2 Å². The number of likely N-dealkylation sites (N-methyl/N-ethyl adjacent to an activating group) is 1. The summed E-state index contributed by atoms with van der Waals surface area (Å²) in [6, 6.07) is 16.9. The van der Waals surface area contributed by atoms with Crippen molar-refractivity contribution in [3.63, 3.8) is 0 Å². The highest BCUT2D eigenvalue weighted by Crippen LogP contribution is 2.33. The van der Waals surface area contributed by atoms with E-state index in [1.54, 1.807) is 19.1 Å². The summed E-state index contributed by atoms with van der Waals surface area (Å²) in [5.74, 6) is -0.681. The second-order valence-electron chi connectivity index (χ2n) is 8.98. The Morgan fingerprint density at radius 2 is 1.85 bits per heavy atom. The molecule has 1 amide bonds. The third kappa shape index (κ3) is 6.97. The lowest BCUT2D eigenvalue weighted by Crippen LogP contribution is -2.41. The van der Waals surface area contributed by atoms with Gasteiger partial charge in [0.05, 0.1) is 40.1 Å². The molecule has 2 atom stereocenters. The van der Waals surface area contributed by atoms with Crippen LogP contribution < -0.4 is 19.7 Å². The molecular formula is C29H28Cl2N2O7. The first-order valence-electron chi connectivity index (χ1n) is 12.5. The molecule has 1 aliphatic heterocycles. The van der Waals surface area contributed by atoms with Gasteiger partial charge in [0, 0.05) is 19.5 Å². The molecule has 0 saturated carbocycles. The van der Waals surface area contributed by atoms with Gasteiger partial charge in [0.2, 0.25) is 6.10 Å². The molecule has 0 fully saturated rings. The lowest BCUT2D eigenvalue weighted by molar-refractivity contribution is -0.167. The fraction of sp³-hybridized carbons (Fsp3) is 0.276. The van der Waals surface area contributed by atoms with Gasteiger partial charge in [-0.2, -0.15) is 0 Å². The van der Waals surface area contributed by atoms with Crippen molar-refractivity contribution in [1.29, 1.82) is 0 Å². The first-order chi connectivity index (χ1) is 19.2. The molecule has 0 aliphatic carbocycles. The lowest BCUT2D eigenvalue weighted by Gasteiger charge is -2.33. The van der Waals surface area contributed by atoms with Crippen LogP contribution in [0.1, 0.15) is 35.9 Å². The summed E-state index contributed by atoms with van der Waals surface area (Å²) in [6.45, 7) is 3.86. The fourth-order valence-corrected chi connectivity index (χ4v) is 4.59. The second kappa shape index (κ2) is 12.9. The number of rotatable bonds is 9. The fourth-order valence-electron chi connectivity index (χ4n) is 4.17. The Bertz CT molecular complexity index is 1410. The van der Waals surface area contributed by atoms with Gasteiger partial charge in [-0.15, -0.1) is 0 Å². The number of halogens is 2. The number of nitrogens with zero attached hydrogens (tertiary/aromatic N) is 1. The van der Waals surface area contributed by atoms with Crippen LogP contribution in [-0.4, -0.2) is 50.8 Å². The van der Waals surface area contributed by atoms with Gasteiger partial charge >= 0.3 is 11.9 Å². The molecule has 0 saturated heterocycles. The molecule has 3 aromatic rings. The van der Waals surface area contributed by atoms with Crippen molar-refractivity contribution in [1.82, 2.24) is 0 Å². The van der Waals surface area contributed by atoms with E-state index < -0.39 is 23.9 Å². The molecule has 0 aromatic heterocycles. The molecule has 0 radical (unpaired) electrons. The standard InChI is InChI=1S/C29H28Cl2N2O7/c1-4-37-29(36)27(39-17(2)34)18-9-12-22(30)24(13-18)32-28(35)21-11-10-19(14-23(21)31)38-16-20-15-33(3)25-7-5-6-8-26(25)40-20/h5-14,20,27H,4,15-16H2,1-3H3,(H,32,35)/t20-,27?/m0/s1. The zero-order chi connectivity index (χ0) is 28.8. The van der Waals surface area contributed by atoms with Crippen LogP contribution in [0.2, 0.25) is 10.0 Å². The summed E-state index contributed by atoms with van der Waals surface area (Å²) in [7, 11) is 1.99. The molecule has 9 nitrogen and oxygen atoms in total. The number of benzene rings is 3. The van der Waals surface area contributed by atoms with E-state index in [2.05, 4.69) is 10.2 Å². The van der Waals surface area contributed by atoms with Crippen LogP contribution >= 0.6 is 23.2 Å². The molecule has 210 valence electrons. The van der Waals surface area contributed by atoms with Crippen molar-refractivity contribution < 1.29 is 33.3 Å². The number of fused-ring (bicyclic) bond motifs is 1. The highest BCUT2D eigenvalue weighted by Gasteiger charge is 2.27. The number of hydrogen-bond acceptors (Lipinski definition) is 8. The molecule has 3 aromatic carbocycles. The molecule has 40 heavy (non-hydrogen) atoms. The third-order valence-electron chi connectivity index (χ3n) is 5.99. The van der Waals surface area contributed by atoms with E-state index >= 15 is 0 Å². The van der Waals surface area contributed by atoms with Crippen molar-refractivity contribution in [2.75, 3.05) is 37.0 Å². The number of amides is 1. The van der Waals surface area contributed by atoms with E-state index in [0.29, 0.717) is 12.3 Å². The maximum Gasteiger partial charge on any atom is 0.352 e. The van der Waals surface area contributed by atoms with E-state index in [9.17, 15) is 14.4 Å².